The predicted octanol–water partition coefficient (Wildman–Crippen LogP) is 3.00. The van der Waals surface area contributed by atoms with Gasteiger partial charge in [-0.1, -0.05) is 12.8 Å². The third-order valence-corrected chi connectivity index (χ3v) is 3.84. The first-order chi connectivity index (χ1) is 6.27. The Kier molecular flexibility index (Phi) is 2.44. The number of nitrogens with zero attached hydrogens (tertiary/aromatic N) is 1. The van der Waals surface area contributed by atoms with Crippen molar-refractivity contribution in [2.75, 3.05) is 0 Å². The Morgan fingerprint density at radius 1 is 1.54 bits per heavy atom. The number of carbonyl (C=O) groups is 1. The Morgan fingerprint density at radius 2 is 2.23 bits per heavy atom. The van der Waals surface area contributed by atoms with E-state index < -0.39 is 0 Å². The van der Waals surface area contributed by atoms with Gasteiger partial charge < -0.3 is 0 Å². The fourth-order valence-electron chi connectivity index (χ4n) is 1.81. The minimum absolute atomic E-state index is 0.141. The van der Waals surface area contributed by atoms with E-state index in [-0.39, 0.29) is 5.78 Å². The number of aromatic nitrogens is 1. The molecular formula is C10H13NOS. The summed E-state index contributed by atoms with van der Waals surface area (Å²) >= 11 is 1.58. The predicted molar refractivity (Wildman–Crippen MR) is 53.3 cm³/mol. The van der Waals surface area contributed by atoms with E-state index in [0.29, 0.717) is 5.92 Å². The molecule has 2 nitrogen and oxygen atoms in total. The van der Waals surface area contributed by atoms with Crippen molar-refractivity contribution < 1.29 is 4.79 Å². The highest BCUT2D eigenvalue weighted by molar-refractivity contribution is 7.13. The van der Waals surface area contributed by atoms with Crippen LogP contribution >= 0.6 is 11.3 Å². The lowest BCUT2D eigenvalue weighted by Gasteiger charge is -2.01. The van der Waals surface area contributed by atoms with Gasteiger partial charge in [-0.15, -0.1) is 11.3 Å². The van der Waals surface area contributed by atoms with Crippen molar-refractivity contribution in [2.45, 2.75) is 38.5 Å². The monoisotopic (exact) mass is 195 g/mol. The molecular weight excluding hydrogens is 182 g/mol. The van der Waals surface area contributed by atoms with Crippen LogP contribution in [0.2, 0.25) is 0 Å². The minimum atomic E-state index is 0.141. The fourth-order valence-corrected chi connectivity index (χ4v) is 2.79. The maximum atomic E-state index is 11.0. The van der Waals surface area contributed by atoms with Crippen LogP contribution < -0.4 is 0 Å². The summed E-state index contributed by atoms with van der Waals surface area (Å²) in [6.45, 7) is 1.60. The van der Waals surface area contributed by atoms with Crippen molar-refractivity contribution in [2.24, 2.45) is 0 Å². The molecule has 1 fully saturated rings. The third kappa shape index (κ3) is 1.80. The fraction of sp³-hybridized carbons (Fsp3) is 0.600. The number of hydrogen-bond donors (Lipinski definition) is 0. The SMILES string of the molecule is CC(=O)c1cnc(C2CCCC2)s1. The normalized spacial score (nSPS) is 17.9. The molecule has 0 bridgehead atoms. The van der Waals surface area contributed by atoms with Crippen molar-refractivity contribution in [1.82, 2.24) is 4.98 Å². The van der Waals surface area contributed by atoms with Gasteiger partial charge in [-0.25, -0.2) is 4.98 Å². The number of hydrogen-bond acceptors (Lipinski definition) is 3. The highest BCUT2D eigenvalue weighted by Crippen LogP contribution is 2.35. The molecule has 0 radical (unpaired) electrons. The van der Waals surface area contributed by atoms with Gasteiger partial charge in [0.1, 0.15) is 0 Å². The van der Waals surface area contributed by atoms with Crippen LogP contribution in [0, 0.1) is 0 Å². The van der Waals surface area contributed by atoms with Crippen LogP contribution in [-0.4, -0.2) is 10.8 Å². The molecule has 0 aromatic carbocycles. The molecule has 1 aromatic heterocycles. The first kappa shape index (κ1) is 8.88. The Labute approximate surface area is 82.0 Å². The molecule has 0 unspecified atom stereocenters. The van der Waals surface area contributed by atoms with E-state index in [4.69, 9.17) is 0 Å². The molecule has 70 valence electrons. The molecule has 0 aliphatic heterocycles. The molecule has 1 heterocycles. The topological polar surface area (TPSA) is 30.0 Å². The molecule has 1 aliphatic carbocycles. The Hall–Kier alpha value is -0.700. The molecule has 0 amide bonds. The molecule has 3 heteroatoms. The largest absolute Gasteiger partial charge is 0.294 e. The van der Waals surface area contributed by atoms with Crippen LogP contribution in [0.15, 0.2) is 6.20 Å². The van der Waals surface area contributed by atoms with Gasteiger partial charge in [-0.3, -0.25) is 4.79 Å². The van der Waals surface area contributed by atoms with Crippen molar-refractivity contribution in [3.05, 3.63) is 16.1 Å². The molecule has 1 saturated carbocycles. The van der Waals surface area contributed by atoms with Crippen molar-refractivity contribution in [3.63, 3.8) is 0 Å². The van der Waals surface area contributed by atoms with Gasteiger partial charge in [0.05, 0.1) is 9.88 Å². The molecule has 1 aliphatic rings. The van der Waals surface area contributed by atoms with E-state index in [0.717, 1.165) is 4.88 Å². The molecule has 0 N–H and O–H groups in total. The highest BCUT2D eigenvalue weighted by Gasteiger charge is 2.20. The summed E-state index contributed by atoms with van der Waals surface area (Å²) in [5.74, 6) is 0.778. The number of thiazole rings is 1. The quantitative estimate of drug-likeness (QED) is 0.679. The molecule has 0 saturated heterocycles. The van der Waals surface area contributed by atoms with Gasteiger partial charge in [-0.2, -0.15) is 0 Å². The van der Waals surface area contributed by atoms with E-state index in [9.17, 15) is 4.79 Å². The molecule has 1 aromatic rings. The minimum Gasteiger partial charge on any atom is -0.294 e. The van der Waals surface area contributed by atoms with Gasteiger partial charge in [0.15, 0.2) is 5.78 Å². The van der Waals surface area contributed by atoms with Crippen LogP contribution in [0.1, 0.15) is 53.2 Å². The molecule has 13 heavy (non-hydrogen) atoms. The van der Waals surface area contributed by atoms with Gasteiger partial charge in [0, 0.05) is 19.0 Å². The lowest BCUT2D eigenvalue weighted by atomic mass is 10.1. The molecule has 0 spiro atoms. The lowest BCUT2D eigenvalue weighted by Crippen LogP contribution is -1.89. The summed E-state index contributed by atoms with van der Waals surface area (Å²) < 4.78 is 0. The summed E-state index contributed by atoms with van der Waals surface area (Å²) in [6.07, 6.45) is 6.87. The summed E-state index contributed by atoms with van der Waals surface area (Å²) in [5.41, 5.74) is 0. The summed E-state index contributed by atoms with van der Waals surface area (Å²) in [6, 6.07) is 0. The first-order valence-electron chi connectivity index (χ1n) is 4.74. The summed E-state index contributed by atoms with van der Waals surface area (Å²) in [5, 5.41) is 1.17. The van der Waals surface area contributed by atoms with Gasteiger partial charge in [0.25, 0.3) is 0 Å². The maximum absolute atomic E-state index is 11.0. The lowest BCUT2D eigenvalue weighted by molar-refractivity contribution is 0.102. The first-order valence-corrected chi connectivity index (χ1v) is 5.55. The number of rotatable bonds is 2. The molecule has 2 rings (SSSR count). The highest BCUT2D eigenvalue weighted by atomic mass is 32.1. The average Bonchev–Trinajstić information content (AvgIpc) is 2.75. The van der Waals surface area contributed by atoms with E-state index in [1.807, 2.05) is 0 Å². The second-order valence-corrected chi connectivity index (χ2v) is 4.66. The van der Waals surface area contributed by atoms with E-state index >= 15 is 0 Å². The zero-order chi connectivity index (χ0) is 9.26. The van der Waals surface area contributed by atoms with Crippen LogP contribution in [0.5, 0.6) is 0 Å². The Bertz CT molecular complexity index is 312. The Balaban J connectivity index is 2.16. The van der Waals surface area contributed by atoms with Crippen LogP contribution in [-0.2, 0) is 0 Å². The van der Waals surface area contributed by atoms with E-state index in [1.54, 1.807) is 24.5 Å². The van der Waals surface area contributed by atoms with E-state index in [2.05, 4.69) is 4.98 Å². The maximum Gasteiger partial charge on any atom is 0.171 e. The summed E-state index contributed by atoms with van der Waals surface area (Å²) in [4.78, 5) is 16.2. The van der Waals surface area contributed by atoms with Crippen molar-refractivity contribution in [3.8, 4) is 0 Å². The van der Waals surface area contributed by atoms with Gasteiger partial charge in [-0.05, 0) is 12.8 Å². The van der Waals surface area contributed by atoms with Crippen molar-refractivity contribution >= 4 is 17.1 Å². The second kappa shape index (κ2) is 3.58. The average molecular weight is 195 g/mol. The Morgan fingerprint density at radius 3 is 2.77 bits per heavy atom. The third-order valence-electron chi connectivity index (χ3n) is 2.57. The van der Waals surface area contributed by atoms with Crippen LogP contribution in [0.3, 0.4) is 0 Å². The zero-order valence-corrected chi connectivity index (χ0v) is 8.56. The number of ketones is 1. The van der Waals surface area contributed by atoms with Crippen LogP contribution in [0.25, 0.3) is 0 Å². The number of Topliss-reactive ketones (excluding diaryl/α,β-unsaturated/α-hetero) is 1. The smallest absolute Gasteiger partial charge is 0.171 e. The molecule has 0 atom stereocenters. The zero-order valence-electron chi connectivity index (χ0n) is 7.75. The standard InChI is InChI=1S/C10H13NOS/c1-7(12)9-6-11-10(13-9)8-4-2-3-5-8/h6,8H,2-5H2,1H3. The van der Waals surface area contributed by atoms with Gasteiger partial charge in [0.2, 0.25) is 0 Å². The second-order valence-electron chi connectivity index (χ2n) is 3.60. The van der Waals surface area contributed by atoms with E-state index in [1.165, 1.54) is 30.7 Å². The summed E-state index contributed by atoms with van der Waals surface area (Å²) in [7, 11) is 0. The van der Waals surface area contributed by atoms with Gasteiger partial charge >= 0.3 is 0 Å². The van der Waals surface area contributed by atoms with Crippen LogP contribution in [0.4, 0.5) is 0 Å². The van der Waals surface area contributed by atoms with Crippen molar-refractivity contribution in [1.29, 1.82) is 0 Å². The number of carbonyl (C=O) groups excluding carboxylic acids is 1.